The monoisotopic (exact) mass is 435 g/mol. The molecule has 2 aromatic heterocycles. The van der Waals surface area contributed by atoms with E-state index in [1.54, 1.807) is 13.8 Å². The molecule has 2 heterocycles. The molecule has 0 saturated heterocycles. The van der Waals surface area contributed by atoms with Crippen molar-refractivity contribution >= 4 is 22.5 Å². The highest BCUT2D eigenvalue weighted by molar-refractivity contribution is 6.31. The molecule has 0 aliphatic rings. The first-order valence-electron chi connectivity index (χ1n) is 9.05. The first-order chi connectivity index (χ1) is 14.2. The summed E-state index contributed by atoms with van der Waals surface area (Å²) in [6, 6.07) is 4.76. The zero-order valence-corrected chi connectivity index (χ0v) is 16.8. The van der Waals surface area contributed by atoms with Crippen LogP contribution >= 0.6 is 11.6 Å². The van der Waals surface area contributed by atoms with Crippen LogP contribution in [0, 0.1) is 24.4 Å². The van der Waals surface area contributed by atoms with Gasteiger partial charge < -0.3 is 5.11 Å². The third kappa shape index (κ3) is 3.33. The predicted molar refractivity (Wildman–Crippen MR) is 104 cm³/mol. The summed E-state index contributed by atoms with van der Waals surface area (Å²) in [6.45, 7) is 3.19. The van der Waals surface area contributed by atoms with Crippen LogP contribution in [-0.4, -0.2) is 29.7 Å². The number of aryl methyl sites for hydroxylation is 1. The molecule has 4 rings (SSSR count). The summed E-state index contributed by atoms with van der Waals surface area (Å²) < 4.78 is 44.9. The molecule has 4 aromatic rings. The van der Waals surface area contributed by atoms with Crippen LogP contribution in [0.5, 0.6) is 0 Å². The second-order valence-electron chi connectivity index (χ2n) is 7.13. The van der Waals surface area contributed by atoms with Gasteiger partial charge in [0.1, 0.15) is 35.7 Å². The predicted octanol–water partition coefficient (Wildman–Crippen LogP) is 4.16. The average Bonchev–Trinajstić information content (AvgIpc) is 3.30. The lowest BCUT2D eigenvalue weighted by molar-refractivity contribution is -0.0372. The lowest BCUT2D eigenvalue weighted by Crippen LogP contribution is -2.41. The number of fused-ring (bicyclic) bond motifs is 1. The van der Waals surface area contributed by atoms with Crippen molar-refractivity contribution in [1.82, 2.24) is 24.5 Å². The van der Waals surface area contributed by atoms with Gasteiger partial charge in [0.25, 0.3) is 0 Å². The van der Waals surface area contributed by atoms with Crippen LogP contribution in [0.15, 0.2) is 43.0 Å². The van der Waals surface area contributed by atoms with Gasteiger partial charge in [-0.2, -0.15) is 10.2 Å². The first-order valence-corrected chi connectivity index (χ1v) is 9.42. The summed E-state index contributed by atoms with van der Waals surface area (Å²) in [7, 11) is 0. The molecule has 10 heteroatoms. The molecule has 156 valence electrons. The number of aliphatic hydroxyl groups is 1. The van der Waals surface area contributed by atoms with Crippen molar-refractivity contribution in [3.05, 3.63) is 76.7 Å². The highest BCUT2D eigenvalue weighted by Gasteiger charge is 2.41. The van der Waals surface area contributed by atoms with E-state index in [9.17, 15) is 18.3 Å². The van der Waals surface area contributed by atoms with Gasteiger partial charge in [-0.3, -0.25) is 4.68 Å². The van der Waals surface area contributed by atoms with E-state index >= 15 is 0 Å². The fourth-order valence-electron chi connectivity index (χ4n) is 3.65. The normalized spacial score (nSPS) is 14.8. The van der Waals surface area contributed by atoms with Crippen LogP contribution < -0.4 is 0 Å². The van der Waals surface area contributed by atoms with Gasteiger partial charge in [0.05, 0.1) is 23.1 Å². The number of halogens is 4. The number of nitrogens with zero attached hydrogens (tertiary/aromatic N) is 5. The summed E-state index contributed by atoms with van der Waals surface area (Å²) in [5.74, 6) is -2.30. The van der Waals surface area contributed by atoms with Crippen molar-refractivity contribution < 1.29 is 18.3 Å². The van der Waals surface area contributed by atoms with E-state index in [-0.39, 0.29) is 17.1 Å². The van der Waals surface area contributed by atoms with Crippen LogP contribution in [0.4, 0.5) is 13.2 Å². The molecule has 0 aliphatic heterocycles. The molecule has 0 spiro atoms. The maximum atomic E-state index is 14.7. The Balaban J connectivity index is 1.88. The summed E-state index contributed by atoms with van der Waals surface area (Å²) in [4.78, 5) is 3.85. The van der Waals surface area contributed by atoms with E-state index in [0.717, 1.165) is 6.07 Å². The largest absolute Gasteiger partial charge is 0.381 e. The summed E-state index contributed by atoms with van der Waals surface area (Å²) in [5.41, 5.74) is -1.08. The Hall–Kier alpha value is -2.91. The Bertz CT molecular complexity index is 1230. The molecule has 1 N–H and O–H groups in total. The molecular weight excluding hydrogens is 419 g/mol. The van der Waals surface area contributed by atoms with Gasteiger partial charge in [-0.25, -0.2) is 22.8 Å². The van der Waals surface area contributed by atoms with E-state index in [1.165, 1.54) is 40.2 Å². The Labute approximate surface area is 174 Å². The zero-order chi connectivity index (χ0) is 21.6. The lowest BCUT2D eigenvalue weighted by atomic mass is 9.86. The molecule has 2 atom stereocenters. The number of hydrogen-bond donors (Lipinski definition) is 1. The molecular formula is C20H17ClF3N5O. The average molecular weight is 436 g/mol. The topological polar surface area (TPSA) is 68.8 Å². The minimum Gasteiger partial charge on any atom is -0.381 e. The van der Waals surface area contributed by atoms with Crippen LogP contribution in [0.1, 0.15) is 24.2 Å². The minimum atomic E-state index is -1.89. The van der Waals surface area contributed by atoms with Crippen LogP contribution in [0.2, 0.25) is 5.02 Å². The van der Waals surface area contributed by atoms with E-state index in [1.807, 2.05) is 0 Å². The van der Waals surface area contributed by atoms with E-state index in [4.69, 9.17) is 11.6 Å². The highest BCUT2D eigenvalue weighted by Crippen LogP contribution is 2.38. The quantitative estimate of drug-likeness (QED) is 0.511. The highest BCUT2D eigenvalue weighted by atomic mass is 35.5. The third-order valence-electron chi connectivity index (χ3n) is 5.31. The van der Waals surface area contributed by atoms with Gasteiger partial charge in [0.2, 0.25) is 0 Å². The molecule has 0 aliphatic carbocycles. The third-order valence-corrected chi connectivity index (χ3v) is 5.60. The maximum absolute atomic E-state index is 14.7. The first kappa shape index (κ1) is 20.4. The summed E-state index contributed by atoms with van der Waals surface area (Å²) in [6.07, 6.45) is 2.66. The molecule has 0 saturated carbocycles. The molecule has 0 amide bonds. The summed E-state index contributed by atoms with van der Waals surface area (Å²) >= 11 is 5.90. The molecule has 0 fully saturated rings. The van der Waals surface area contributed by atoms with Crippen LogP contribution in [-0.2, 0) is 12.1 Å². The molecule has 0 radical (unpaired) electrons. The molecule has 0 bridgehead atoms. The second kappa shape index (κ2) is 7.41. The second-order valence-corrected chi connectivity index (χ2v) is 7.54. The molecule has 0 unspecified atom stereocenters. The van der Waals surface area contributed by atoms with Gasteiger partial charge in [0, 0.05) is 28.8 Å². The Morgan fingerprint density at radius 3 is 2.60 bits per heavy atom. The molecule has 6 nitrogen and oxygen atoms in total. The standard InChI is InChI=1S/C20H17ClF3N5O/c1-11-14-6-16(21)18(24)7-19(14)27-29(11)12(2)20(30,8-28-10-25-9-26-28)15-4-3-13(22)5-17(15)23/h3-7,9-10,12,30H,8H2,1-2H3/t12-,20-/m1/s1. The van der Waals surface area contributed by atoms with E-state index in [2.05, 4.69) is 15.2 Å². The number of rotatable bonds is 5. The van der Waals surface area contributed by atoms with Crippen molar-refractivity contribution in [3.63, 3.8) is 0 Å². The van der Waals surface area contributed by atoms with Gasteiger partial charge in [-0.15, -0.1) is 0 Å². The van der Waals surface area contributed by atoms with Gasteiger partial charge in [-0.1, -0.05) is 17.7 Å². The fraction of sp³-hybridized carbons (Fsp3) is 0.250. The smallest absolute Gasteiger partial charge is 0.144 e. The minimum absolute atomic E-state index is 0.0553. The maximum Gasteiger partial charge on any atom is 0.144 e. The number of aromatic nitrogens is 5. The van der Waals surface area contributed by atoms with Crippen LogP contribution in [0.3, 0.4) is 0 Å². The van der Waals surface area contributed by atoms with Crippen molar-refractivity contribution in [2.24, 2.45) is 0 Å². The van der Waals surface area contributed by atoms with Gasteiger partial charge >= 0.3 is 0 Å². The number of hydrogen-bond acceptors (Lipinski definition) is 4. The van der Waals surface area contributed by atoms with Gasteiger partial charge in [-0.05, 0) is 26.0 Å². The van der Waals surface area contributed by atoms with Gasteiger partial charge in [0.15, 0.2) is 0 Å². The van der Waals surface area contributed by atoms with E-state index in [0.29, 0.717) is 22.7 Å². The van der Waals surface area contributed by atoms with Crippen molar-refractivity contribution in [3.8, 4) is 0 Å². The summed E-state index contributed by atoms with van der Waals surface area (Å²) in [5, 5.41) is 20.6. The zero-order valence-electron chi connectivity index (χ0n) is 16.0. The Morgan fingerprint density at radius 1 is 1.17 bits per heavy atom. The SMILES string of the molecule is Cc1c2cc(Cl)c(F)cc2nn1[C@H](C)[C@](O)(Cn1cncn1)c1ccc(F)cc1F. The van der Waals surface area contributed by atoms with Crippen molar-refractivity contribution in [2.75, 3.05) is 0 Å². The molecule has 2 aromatic carbocycles. The molecule has 30 heavy (non-hydrogen) atoms. The van der Waals surface area contributed by atoms with E-state index < -0.39 is 29.1 Å². The van der Waals surface area contributed by atoms with Crippen LogP contribution in [0.25, 0.3) is 10.9 Å². The number of benzene rings is 2. The van der Waals surface area contributed by atoms with Crippen molar-refractivity contribution in [2.45, 2.75) is 32.0 Å². The fourth-order valence-corrected chi connectivity index (χ4v) is 3.81. The Kier molecular flexibility index (Phi) is 5.03. The lowest BCUT2D eigenvalue weighted by Gasteiger charge is -2.35. The van der Waals surface area contributed by atoms with Crippen molar-refractivity contribution in [1.29, 1.82) is 0 Å². The Morgan fingerprint density at radius 2 is 1.93 bits per heavy atom.